The minimum atomic E-state index is 0.272. The molecule has 4 nitrogen and oxygen atoms in total. The fraction of sp³-hybridized carbons (Fsp3) is 0.412. The number of fused-ring (bicyclic) bond motifs is 1. The van der Waals surface area contributed by atoms with Crippen LogP contribution in [0.25, 0.3) is 0 Å². The highest BCUT2D eigenvalue weighted by molar-refractivity contribution is 5.45. The zero-order valence-corrected chi connectivity index (χ0v) is 12.6. The van der Waals surface area contributed by atoms with Crippen LogP contribution in [0.1, 0.15) is 37.4 Å². The maximum absolute atomic E-state index is 5.43. The summed E-state index contributed by atoms with van der Waals surface area (Å²) in [5, 5.41) is 3.55. The molecule has 1 unspecified atom stereocenters. The predicted octanol–water partition coefficient (Wildman–Crippen LogP) is 3.48. The summed E-state index contributed by atoms with van der Waals surface area (Å²) in [5.41, 5.74) is 2.53. The lowest BCUT2D eigenvalue weighted by Crippen LogP contribution is -2.17. The largest absolute Gasteiger partial charge is 0.454 e. The zero-order valence-electron chi connectivity index (χ0n) is 12.6. The van der Waals surface area contributed by atoms with Gasteiger partial charge in [0.2, 0.25) is 6.79 Å². The van der Waals surface area contributed by atoms with Crippen LogP contribution in [0.5, 0.6) is 11.5 Å². The number of nitrogens with zero attached hydrogens (tertiary/aromatic N) is 1. The van der Waals surface area contributed by atoms with E-state index in [4.69, 9.17) is 9.47 Å². The average molecular weight is 286 g/mol. The van der Waals surface area contributed by atoms with E-state index in [2.05, 4.69) is 54.3 Å². The molecule has 112 valence electrons. The van der Waals surface area contributed by atoms with Crippen molar-refractivity contribution in [3.63, 3.8) is 0 Å². The summed E-state index contributed by atoms with van der Waals surface area (Å²) in [7, 11) is 0. The molecule has 0 saturated carbocycles. The maximum Gasteiger partial charge on any atom is 0.231 e. The molecule has 2 heterocycles. The second kappa shape index (κ2) is 6.22. The summed E-state index contributed by atoms with van der Waals surface area (Å²) in [6.45, 7) is 6.63. The van der Waals surface area contributed by atoms with Crippen molar-refractivity contribution < 1.29 is 9.47 Å². The van der Waals surface area contributed by atoms with E-state index in [0.29, 0.717) is 6.79 Å². The number of ether oxygens (including phenoxy) is 2. The molecule has 0 bridgehead atoms. The Bertz CT molecular complexity index is 607. The third-order valence-electron chi connectivity index (χ3n) is 3.80. The topological polar surface area (TPSA) is 35.4 Å². The van der Waals surface area contributed by atoms with Crippen molar-refractivity contribution in [2.75, 3.05) is 6.79 Å². The van der Waals surface area contributed by atoms with E-state index in [1.165, 1.54) is 11.1 Å². The van der Waals surface area contributed by atoms with Crippen LogP contribution in [-0.2, 0) is 13.1 Å². The Morgan fingerprint density at radius 1 is 1.24 bits per heavy atom. The number of aromatic nitrogens is 1. The first kappa shape index (κ1) is 14.0. The quantitative estimate of drug-likeness (QED) is 0.883. The summed E-state index contributed by atoms with van der Waals surface area (Å²) in [6, 6.07) is 8.58. The van der Waals surface area contributed by atoms with Crippen molar-refractivity contribution in [3.05, 3.63) is 47.8 Å². The fourth-order valence-corrected chi connectivity index (χ4v) is 2.56. The second-order valence-electron chi connectivity index (χ2n) is 5.47. The van der Waals surface area contributed by atoms with Crippen LogP contribution < -0.4 is 14.8 Å². The lowest BCUT2D eigenvalue weighted by molar-refractivity contribution is 0.174. The monoisotopic (exact) mass is 286 g/mol. The number of aryl methyl sites for hydroxylation is 1. The summed E-state index contributed by atoms with van der Waals surface area (Å²) in [5.74, 6) is 1.68. The van der Waals surface area contributed by atoms with E-state index in [1.54, 1.807) is 0 Å². The van der Waals surface area contributed by atoms with Gasteiger partial charge in [0.05, 0.1) is 0 Å². The van der Waals surface area contributed by atoms with Crippen LogP contribution in [-0.4, -0.2) is 11.4 Å². The third-order valence-corrected chi connectivity index (χ3v) is 3.80. The van der Waals surface area contributed by atoms with Crippen molar-refractivity contribution in [2.45, 2.75) is 39.4 Å². The Kier molecular flexibility index (Phi) is 4.15. The minimum absolute atomic E-state index is 0.272. The van der Waals surface area contributed by atoms with Crippen molar-refractivity contribution in [1.29, 1.82) is 0 Å². The molecule has 0 aliphatic carbocycles. The molecule has 1 aliphatic heterocycles. The maximum atomic E-state index is 5.43. The molecule has 1 N–H and O–H groups in total. The Hall–Kier alpha value is -1.94. The lowest BCUT2D eigenvalue weighted by atomic mass is 10.1. The highest BCUT2D eigenvalue weighted by Crippen LogP contribution is 2.34. The van der Waals surface area contributed by atoms with E-state index < -0.39 is 0 Å². The number of benzene rings is 1. The van der Waals surface area contributed by atoms with Gasteiger partial charge in [0, 0.05) is 31.5 Å². The molecule has 1 aromatic heterocycles. The molecule has 2 aromatic rings. The van der Waals surface area contributed by atoms with Gasteiger partial charge in [-0.05, 0) is 42.7 Å². The normalized spacial score (nSPS) is 14.4. The standard InChI is InChI=1S/C17H22N2O2/c1-3-7-19-8-6-14(11-19)10-18-13(2)15-4-5-16-17(9-15)21-12-20-16/h4-6,8-9,11,13,18H,3,7,10,12H2,1-2H3. The Labute approximate surface area is 125 Å². The molecule has 1 atom stereocenters. The molecule has 3 rings (SSSR count). The van der Waals surface area contributed by atoms with Gasteiger partial charge in [0.15, 0.2) is 11.5 Å². The zero-order chi connectivity index (χ0) is 14.7. The van der Waals surface area contributed by atoms with Gasteiger partial charge in [0.1, 0.15) is 0 Å². The Morgan fingerprint density at radius 2 is 2.10 bits per heavy atom. The van der Waals surface area contributed by atoms with Crippen molar-refractivity contribution in [1.82, 2.24) is 9.88 Å². The van der Waals surface area contributed by atoms with Gasteiger partial charge in [-0.3, -0.25) is 0 Å². The van der Waals surface area contributed by atoms with Crippen LogP contribution in [0.4, 0.5) is 0 Å². The van der Waals surface area contributed by atoms with E-state index in [1.807, 2.05) is 6.07 Å². The van der Waals surface area contributed by atoms with Gasteiger partial charge < -0.3 is 19.4 Å². The van der Waals surface area contributed by atoms with Crippen molar-refractivity contribution in [3.8, 4) is 11.5 Å². The number of nitrogens with one attached hydrogen (secondary N) is 1. The predicted molar refractivity (Wildman–Crippen MR) is 82.5 cm³/mol. The van der Waals surface area contributed by atoms with Crippen LogP contribution in [0.3, 0.4) is 0 Å². The summed E-state index contributed by atoms with van der Waals surface area (Å²) < 4.78 is 13.0. The van der Waals surface area contributed by atoms with Crippen LogP contribution in [0, 0.1) is 0 Å². The van der Waals surface area contributed by atoms with E-state index in [9.17, 15) is 0 Å². The van der Waals surface area contributed by atoms with Gasteiger partial charge in [-0.2, -0.15) is 0 Å². The van der Waals surface area contributed by atoms with E-state index in [0.717, 1.165) is 31.0 Å². The third kappa shape index (κ3) is 3.22. The molecule has 4 heteroatoms. The SMILES string of the molecule is CCCn1ccc(CNC(C)c2ccc3c(c2)OCO3)c1. The van der Waals surface area contributed by atoms with Crippen molar-refractivity contribution >= 4 is 0 Å². The average Bonchev–Trinajstić information content (AvgIpc) is 3.13. The number of hydrogen-bond donors (Lipinski definition) is 1. The van der Waals surface area contributed by atoms with E-state index in [-0.39, 0.29) is 6.04 Å². The summed E-state index contributed by atoms with van der Waals surface area (Å²) in [4.78, 5) is 0. The van der Waals surface area contributed by atoms with Gasteiger partial charge >= 0.3 is 0 Å². The molecule has 0 saturated heterocycles. The number of rotatable bonds is 6. The molecule has 0 amide bonds. The van der Waals surface area contributed by atoms with Crippen LogP contribution in [0.2, 0.25) is 0 Å². The molecule has 1 aliphatic rings. The minimum Gasteiger partial charge on any atom is -0.454 e. The molecular weight excluding hydrogens is 264 g/mol. The summed E-state index contributed by atoms with van der Waals surface area (Å²) in [6.07, 6.45) is 5.52. The van der Waals surface area contributed by atoms with Gasteiger partial charge in [0.25, 0.3) is 0 Å². The molecule has 1 aromatic carbocycles. The van der Waals surface area contributed by atoms with Crippen molar-refractivity contribution in [2.24, 2.45) is 0 Å². The van der Waals surface area contributed by atoms with Crippen LogP contribution >= 0.6 is 0 Å². The number of hydrogen-bond acceptors (Lipinski definition) is 3. The van der Waals surface area contributed by atoms with Gasteiger partial charge in [-0.25, -0.2) is 0 Å². The Morgan fingerprint density at radius 3 is 2.95 bits per heavy atom. The first-order valence-corrected chi connectivity index (χ1v) is 7.54. The second-order valence-corrected chi connectivity index (χ2v) is 5.47. The highest BCUT2D eigenvalue weighted by atomic mass is 16.7. The van der Waals surface area contributed by atoms with E-state index >= 15 is 0 Å². The lowest BCUT2D eigenvalue weighted by Gasteiger charge is -2.14. The molecular formula is C17H22N2O2. The van der Waals surface area contributed by atoms with Gasteiger partial charge in [-0.1, -0.05) is 13.0 Å². The smallest absolute Gasteiger partial charge is 0.231 e. The highest BCUT2D eigenvalue weighted by Gasteiger charge is 2.15. The molecule has 0 radical (unpaired) electrons. The van der Waals surface area contributed by atoms with Gasteiger partial charge in [-0.15, -0.1) is 0 Å². The first-order chi connectivity index (χ1) is 10.3. The molecule has 0 fully saturated rings. The fourth-order valence-electron chi connectivity index (χ4n) is 2.56. The molecule has 21 heavy (non-hydrogen) atoms. The summed E-state index contributed by atoms with van der Waals surface area (Å²) >= 11 is 0. The molecule has 0 spiro atoms. The first-order valence-electron chi connectivity index (χ1n) is 7.54. The van der Waals surface area contributed by atoms with Crippen LogP contribution in [0.15, 0.2) is 36.7 Å². The Balaban J connectivity index is 1.59.